The number of aliphatic hydroxyl groups is 1. The molecule has 0 saturated heterocycles. The minimum absolute atomic E-state index is 0.131. The van der Waals surface area contributed by atoms with Gasteiger partial charge >= 0.3 is 11.8 Å². The predicted octanol–water partition coefficient (Wildman–Crippen LogP) is 4.00. The first-order valence-electron chi connectivity index (χ1n) is 8.29. The van der Waals surface area contributed by atoms with Crippen molar-refractivity contribution in [3.05, 3.63) is 75.7 Å². The average Bonchev–Trinajstić information content (AvgIpc) is 3.23. The zero-order valence-corrected chi connectivity index (χ0v) is 16.1. The lowest BCUT2D eigenvalue weighted by Crippen LogP contribution is -2.37. The molecule has 144 valence electrons. The Labute approximate surface area is 169 Å². The molecule has 1 heterocycles. The van der Waals surface area contributed by atoms with E-state index in [1.54, 1.807) is 23.5 Å². The molecule has 2 amide bonds. The molecule has 0 fully saturated rings. The van der Waals surface area contributed by atoms with Crippen molar-refractivity contribution >= 4 is 40.4 Å². The molecule has 1 aromatic heterocycles. The zero-order valence-electron chi connectivity index (χ0n) is 14.5. The van der Waals surface area contributed by atoms with Gasteiger partial charge < -0.3 is 15.7 Å². The van der Waals surface area contributed by atoms with Crippen molar-refractivity contribution in [2.45, 2.75) is 6.10 Å². The lowest BCUT2D eigenvalue weighted by atomic mass is 10.0. The number of hydrogen-bond acceptors (Lipinski definition) is 4. The van der Waals surface area contributed by atoms with Crippen LogP contribution in [0, 0.1) is 5.82 Å². The van der Waals surface area contributed by atoms with E-state index in [9.17, 15) is 19.1 Å². The highest BCUT2D eigenvalue weighted by Crippen LogP contribution is 2.24. The minimum Gasteiger partial charge on any atom is -0.387 e. The molecule has 0 radical (unpaired) electrons. The van der Waals surface area contributed by atoms with E-state index in [0.717, 1.165) is 17.2 Å². The molecule has 5 nitrogen and oxygen atoms in total. The molecule has 0 saturated carbocycles. The van der Waals surface area contributed by atoms with Crippen molar-refractivity contribution in [3.63, 3.8) is 0 Å². The first kappa shape index (κ1) is 20.0. The van der Waals surface area contributed by atoms with Crippen molar-refractivity contribution in [1.29, 1.82) is 0 Å². The molecule has 0 spiro atoms. The van der Waals surface area contributed by atoms with Crippen molar-refractivity contribution in [3.8, 4) is 11.1 Å². The number of benzene rings is 2. The van der Waals surface area contributed by atoms with Crippen LogP contribution in [0.5, 0.6) is 0 Å². The summed E-state index contributed by atoms with van der Waals surface area (Å²) in [6.07, 6.45) is -0.964. The molecule has 0 aliphatic rings. The van der Waals surface area contributed by atoms with Gasteiger partial charge in [-0.3, -0.25) is 9.59 Å². The SMILES string of the molecule is O=C(NC[C@@H](O)c1ccc(-c2ccsc2)cc1)C(=O)Nc1ccc(F)c(Cl)c1. The van der Waals surface area contributed by atoms with Crippen LogP contribution in [-0.4, -0.2) is 23.5 Å². The molecule has 0 aliphatic carbocycles. The number of halogens is 2. The van der Waals surface area contributed by atoms with Crippen LogP contribution in [0.3, 0.4) is 0 Å². The summed E-state index contributed by atoms with van der Waals surface area (Å²) in [5.41, 5.74) is 2.93. The molecule has 1 atom stereocenters. The van der Waals surface area contributed by atoms with Crippen molar-refractivity contribution in [2.24, 2.45) is 0 Å². The lowest BCUT2D eigenvalue weighted by molar-refractivity contribution is -0.136. The number of aliphatic hydroxyl groups excluding tert-OH is 1. The Morgan fingerprint density at radius 2 is 1.82 bits per heavy atom. The number of anilines is 1. The second-order valence-corrected chi connectivity index (χ2v) is 7.13. The van der Waals surface area contributed by atoms with E-state index in [4.69, 9.17) is 11.6 Å². The number of rotatable bonds is 5. The summed E-state index contributed by atoms with van der Waals surface area (Å²) in [7, 11) is 0. The first-order valence-corrected chi connectivity index (χ1v) is 9.61. The van der Waals surface area contributed by atoms with E-state index >= 15 is 0 Å². The molecule has 28 heavy (non-hydrogen) atoms. The van der Waals surface area contributed by atoms with Gasteiger partial charge in [-0.05, 0) is 51.7 Å². The third kappa shape index (κ3) is 4.95. The topological polar surface area (TPSA) is 78.4 Å². The van der Waals surface area contributed by atoms with Crippen LogP contribution in [0.4, 0.5) is 10.1 Å². The zero-order chi connectivity index (χ0) is 20.1. The molecule has 3 rings (SSSR count). The third-order valence-corrected chi connectivity index (χ3v) is 4.96. The second-order valence-electron chi connectivity index (χ2n) is 5.94. The van der Waals surface area contributed by atoms with Gasteiger partial charge in [-0.15, -0.1) is 0 Å². The minimum atomic E-state index is -0.964. The standard InChI is InChI=1S/C20H16ClFN2O3S/c21-16-9-15(5-6-17(16)22)24-20(27)19(26)23-10-18(25)13-3-1-12(2-4-13)14-7-8-28-11-14/h1-9,11,18,25H,10H2,(H,23,26)(H,24,27)/t18-/m1/s1. The molecular formula is C20H16ClFN2O3S. The van der Waals surface area contributed by atoms with Crippen LogP contribution in [-0.2, 0) is 9.59 Å². The highest BCUT2D eigenvalue weighted by Gasteiger charge is 2.16. The Hall–Kier alpha value is -2.74. The van der Waals surface area contributed by atoms with Crippen LogP contribution in [0.25, 0.3) is 11.1 Å². The van der Waals surface area contributed by atoms with Gasteiger partial charge in [0.1, 0.15) is 5.82 Å². The molecule has 8 heteroatoms. The van der Waals surface area contributed by atoms with E-state index in [-0.39, 0.29) is 17.3 Å². The Bertz CT molecular complexity index is 978. The van der Waals surface area contributed by atoms with Gasteiger partial charge in [0.2, 0.25) is 0 Å². The van der Waals surface area contributed by atoms with Crippen LogP contribution in [0.1, 0.15) is 11.7 Å². The number of hydrogen-bond donors (Lipinski definition) is 3. The van der Waals surface area contributed by atoms with E-state index < -0.39 is 23.7 Å². The molecule has 3 aromatic rings. The smallest absolute Gasteiger partial charge is 0.313 e. The number of amides is 2. The Kier molecular flexibility index (Phi) is 6.41. The second kappa shape index (κ2) is 8.97. The molecule has 2 aromatic carbocycles. The summed E-state index contributed by atoms with van der Waals surface area (Å²) >= 11 is 7.23. The van der Waals surface area contributed by atoms with Crippen LogP contribution in [0.2, 0.25) is 5.02 Å². The van der Waals surface area contributed by atoms with Gasteiger partial charge in [0.15, 0.2) is 0 Å². The molecular weight excluding hydrogens is 403 g/mol. The van der Waals surface area contributed by atoms with Crippen LogP contribution >= 0.6 is 22.9 Å². The maximum atomic E-state index is 13.1. The van der Waals surface area contributed by atoms with Gasteiger partial charge in [0, 0.05) is 12.2 Å². The lowest BCUT2D eigenvalue weighted by Gasteiger charge is -2.13. The van der Waals surface area contributed by atoms with Crippen LogP contribution in [0.15, 0.2) is 59.3 Å². The number of thiophene rings is 1. The normalized spacial score (nSPS) is 11.7. The maximum absolute atomic E-state index is 13.1. The summed E-state index contributed by atoms with van der Waals surface area (Å²) < 4.78 is 13.1. The summed E-state index contributed by atoms with van der Waals surface area (Å²) in [5, 5.41) is 18.7. The summed E-state index contributed by atoms with van der Waals surface area (Å²) in [6, 6.07) is 12.9. The van der Waals surface area contributed by atoms with E-state index in [1.807, 2.05) is 29.0 Å². The van der Waals surface area contributed by atoms with E-state index in [0.29, 0.717) is 5.56 Å². The summed E-state index contributed by atoms with van der Waals surface area (Å²) in [5.74, 6) is -2.49. The maximum Gasteiger partial charge on any atom is 0.313 e. The fourth-order valence-electron chi connectivity index (χ4n) is 2.48. The van der Waals surface area contributed by atoms with Gasteiger partial charge in [0.25, 0.3) is 0 Å². The summed E-state index contributed by atoms with van der Waals surface area (Å²) in [4.78, 5) is 23.8. The van der Waals surface area contributed by atoms with E-state index in [2.05, 4.69) is 10.6 Å². The molecule has 3 N–H and O–H groups in total. The highest BCUT2D eigenvalue weighted by atomic mass is 35.5. The van der Waals surface area contributed by atoms with Crippen LogP contribution < -0.4 is 10.6 Å². The quantitative estimate of drug-likeness (QED) is 0.548. The van der Waals surface area contributed by atoms with Gasteiger partial charge in [-0.25, -0.2) is 4.39 Å². The Balaban J connectivity index is 1.53. The van der Waals surface area contributed by atoms with Gasteiger partial charge in [-0.2, -0.15) is 11.3 Å². The number of carbonyl (C=O) groups excluding carboxylic acids is 2. The van der Waals surface area contributed by atoms with Gasteiger partial charge in [0.05, 0.1) is 11.1 Å². The monoisotopic (exact) mass is 418 g/mol. The summed E-state index contributed by atoms with van der Waals surface area (Å²) in [6.45, 7) is -0.131. The first-order chi connectivity index (χ1) is 13.4. The van der Waals surface area contributed by atoms with Crippen molar-refractivity contribution < 1.29 is 19.1 Å². The Morgan fingerprint density at radius 3 is 2.46 bits per heavy atom. The number of carbonyl (C=O) groups is 2. The van der Waals surface area contributed by atoms with Gasteiger partial charge in [-0.1, -0.05) is 35.9 Å². The Morgan fingerprint density at radius 1 is 1.07 bits per heavy atom. The fourth-order valence-corrected chi connectivity index (χ4v) is 3.32. The van der Waals surface area contributed by atoms with E-state index in [1.165, 1.54) is 12.1 Å². The molecule has 0 aliphatic heterocycles. The fraction of sp³-hybridized carbons (Fsp3) is 0.100. The predicted molar refractivity (Wildman–Crippen MR) is 108 cm³/mol. The average molecular weight is 419 g/mol. The van der Waals surface area contributed by atoms with Crippen molar-refractivity contribution in [1.82, 2.24) is 5.32 Å². The largest absolute Gasteiger partial charge is 0.387 e. The van der Waals surface area contributed by atoms with Crippen molar-refractivity contribution in [2.75, 3.05) is 11.9 Å². The number of nitrogens with one attached hydrogen (secondary N) is 2. The third-order valence-electron chi connectivity index (χ3n) is 3.99. The molecule has 0 bridgehead atoms. The molecule has 0 unspecified atom stereocenters. The highest BCUT2D eigenvalue weighted by molar-refractivity contribution is 7.08.